The Morgan fingerprint density at radius 3 is 2.30 bits per heavy atom. The molecule has 3 amide bonds. The summed E-state index contributed by atoms with van der Waals surface area (Å²) in [6.45, 7) is 4.25. The number of urea groups is 1. The maximum Gasteiger partial charge on any atom is 0.319 e. The van der Waals surface area contributed by atoms with E-state index in [0.717, 1.165) is 5.56 Å². The molecule has 1 aromatic rings. The largest absolute Gasteiger partial charge is 0.359 e. The maximum absolute atomic E-state index is 11.7. The van der Waals surface area contributed by atoms with Gasteiger partial charge in [-0.25, -0.2) is 4.79 Å². The van der Waals surface area contributed by atoms with Crippen LogP contribution in [0.15, 0.2) is 24.3 Å². The van der Waals surface area contributed by atoms with Gasteiger partial charge in [0.2, 0.25) is 5.91 Å². The first-order valence-electron chi connectivity index (χ1n) is 6.45. The van der Waals surface area contributed by atoms with E-state index in [1.54, 1.807) is 33.0 Å². The summed E-state index contributed by atoms with van der Waals surface area (Å²) in [5.41, 5.74) is 6.52. The molecule has 5 N–H and O–H groups in total. The summed E-state index contributed by atoms with van der Waals surface area (Å²) in [6.07, 6.45) is 0. The molecule has 6 heteroatoms. The first-order chi connectivity index (χ1) is 9.39. The molecular weight excluding hydrogens is 256 g/mol. The second kappa shape index (κ2) is 6.91. The lowest BCUT2D eigenvalue weighted by molar-refractivity contribution is -0.128. The number of carbonyl (C=O) groups excluding carboxylic acids is 2. The van der Waals surface area contributed by atoms with Crippen molar-refractivity contribution in [2.24, 2.45) is 11.1 Å². The van der Waals surface area contributed by atoms with Crippen LogP contribution in [0.4, 0.5) is 10.5 Å². The molecule has 0 aliphatic carbocycles. The van der Waals surface area contributed by atoms with E-state index < -0.39 is 5.41 Å². The van der Waals surface area contributed by atoms with Crippen molar-refractivity contribution in [3.8, 4) is 0 Å². The zero-order valence-corrected chi connectivity index (χ0v) is 12.1. The summed E-state index contributed by atoms with van der Waals surface area (Å²) in [5.74, 6) is -0.120. The fourth-order valence-corrected chi connectivity index (χ4v) is 1.62. The molecule has 0 aromatic heterocycles. The number of nitrogens with one attached hydrogen (secondary N) is 3. The summed E-state index contributed by atoms with van der Waals surface area (Å²) < 4.78 is 0. The van der Waals surface area contributed by atoms with Crippen LogP contribution < -0.4 is 21.7 Å². The predicted octanol–water partition coefficient (Wildman–Crippen LogP) is 1.04. The van der Waals surface area contributed by atoms with Gasteiger partial charge in [0, 0.05) is 25.8 Å². The van der Waals surface area contributed by atoms with Crippen LogP contribution in [0, 0.1) is 5.41 Å². The third-order valence-electron chi connectivity index (χ3n) is 2.98. The minimum absolute atomic E-state index is 0.120. The molecule has 0 saturated heterocycles. The van der Waals surface area contributed by atoms with Crippen LogP contribution in [-0.4, -0.2) is 25.5 Å². The Morgan fingerprint density at radius 2 is 1.80 bits per heavy atom. The summed E-state index contributed by atoms with van der Waals surface area (Å²) in [7, 11) is 1.57. The van der Waals surface area contributed by atoms with Crippen LogP contribution in [0.3, 0.4) is 0 Å². The number of benzene rings is 1. The maximum atomic E-state index is 11.7. The predicted molar refractivity (Wildman–Crippen MR) is 79.2 cm³/mol. The third-order valence-corrected chi connectivity index (χ3v) is 2.98. The van der Waals surface area contributed by atoms with Gasteiger partial charge < -0.3 is 21.7 Å². The standard InChI is InChI=1S/C14H22N4O2/c1-14(2,12(19)16-3)9-17-13(20)18-11-6-4-10(8-15)5-7-11/h4-7H,8-9,15H2,1-3H3,(H,16,19)(H2,17,18,20). The molecule has 0 aliphatic heterocycles. The average Bonchev–Trinajstić information content (AvgIpc) is 2.45. The van der Waals surface area contributed by atoms with Gasteiger partial charge in [0.15, 0.2) is 0 Å². The van der Waals surface area contributed by atoms with E-state index in [0.29, 0.717) is 12.2 Å². The van der Waals surface area contributed by atoms with Gasteiger partial charge in [0.1, 0.15) is 0 Å². The first kappa shape index (κ1) is 16.0. The molecule has 6 nitrogen and oxygen atoms in total. The number of carbonyl (C=O) groups is 2. The van der Waals surface area contributed by atoms with Crippen LogP contribution >= 0.6 is 0 Å². The fraction of sp³-hybridized carbons (Fsp3) is 0.429. The summed E-state index contributed by atoms with van der Waals surface area (Å²) >= 11 is 0. The molecule has 1 rings (SSSR count). The Labute approximate surface area is 119 Å². The van der Waals surface area contributed by atoms with Crippen LogP contribution in [-0.2, 0) is 11.3 Å². The van der Waals surface area contributed by atoms with Gasteiger partial charge in [-0.2, -0.15) is 0 Å². The van der Waals surface area contributed by atoms with Crippen molar-refractivity contribution in [3.63, 3.8) is 0 Å². The van der Waals surface area contributed by atoms with E-state index in [4.69, 9.17) is 5.73 Å². The summed E-state index contributed by atoms with van der Waals surface area (Å²) in [4.78, 5) is 23.3. The van der Waals surface area contributed by atoms with E-state index in [2.05, 4.69) is 16.0 Å². The van der Waals surface area contributed by atoms with Crippen molar-refractivity contribution in [2.45, 2.75) is 20.4 Å². The summed E-state index contributed by atoms with van der Waals surface area (Å²) in [6, 6.07) is 6.92. The molecule has 1 aromatic carbocycles. The molecule has 0 fully saturated rings. The normalized spacial score (nSPS) is 10.8. The molecule has 0 unspecified atom stereocenters. The Hall–Kier alpha value is -2.08. The van der Waals surface area contributed by atoms with E-state index in [-0.39, 0.29) is 18.5 Å². The van der Waals surface area contributed by atoms with Crippen molar-refractivity contribution in [1.82, 2.24) is 10.6 Å². The van der Waals surface area contributed by atoms with Crippen LogP contribution in [0.25, 0.3) is 0 Å². The van der Waals surface area contributed by atoms with Crippen molar-refractivity contribution < 1.29 is 9.59 Å². The van der Waals surface area contributed by atoms with Gasteiger partial charge in [-0.1, -0.05) is 12.1 Å². The monoisotopic (exact) mass is 278 g/mol. The highest BCUT2D eigenvalue weighted by Gasteiger charge is 2.26. The number of nitrogens with two attached hydrogens (primary N) is 1. The molecule has 0 aliphatic rings. The molecule has 0 heterocycles. The highest BCUT2D eigenvalue weighted by Crippen LogP contribution is 2.13. The molecule has 110 valence electrons. The second-order valence-electron chi connectivity index (χ2n) is 5.17. The van der Waals surface area contributed by atoms with Crippen molar-refractivity contribution >= 4 is 17.6 Å². The van der Waals surface area contributed by atoms with E-state index in [9.17, 15) is 9.59 Å². The lowest BCUT2D eigenvalue weighted by Gasteiger charge is -2.22. The smallest absolute Gasteiger partial charge is 0.319 e. The van der Waals surface area contributed by atoms with Gasteiger partial charge in [0.25, 0.3) is 0 Å². The van der Waals surface area contributed by atoms with Gasteiger partial charge in [0.05, 0.1) is 5.41 Å². The molecule has 0 saturated carbocycles. The second-order valence-corrected chi connectivity index (χ2v) is 5.17. The van der Waals surface area contributed by atoms with Crippen LogP contribution in [0.1, 0.15) is 19.4 Å². The highest BCUT2D eigenvalue weighted by molar-refractivity contribution is 5.90. The molecule has 20 heavy (non-hydrogen) atoms. The fourth-order valence-electron chi connectivity index (χ4n) is 1.62. The lowest BCUT2D eigenvalue weighted by atomic mass is 9.92. The minimum Gasteiger partial charge on any atom is -0.359 e. The van der Waals surface area contributed by atoms with E-state index in [1.165, 1.54) is 0 Å². The van der Waals surface area contributed by atoms with Gasteiger partial charge in [-0.15, -0.1) is 0 Å². The van der Waals surface area contributed by atoms with E-state index >= 15 is 0 Å². The van der Waals surface area contributed by atoms with Crippen molar-refractivity contribution in [3.05, 3.63) is 29.8 Å². The molecule has 0 spiro atoms. The van der Waals surface area contributed by atoms with Crippen LogP contribution in [0.5, 0.6) is 0 Å². The minimum atomic E-state index is -0.657. The van der Waals surface area contributed by atoms with E-state index in [1.807, 2.05) is 12.1 Å². The Morgan fingerprint density at radius 1 is 1.20 bits per heavy atom. The Balaban J connectivity index is 2.49. The Kier molecular flexibility index (Phi) is 5.52. The SMILES string of the molecule is CNC(=O)C(C)(C)CNC(=O)Nc1ccc(CN)cc1. The third kappa shape index (κ3) is 4.55. The van der Waals surface area contributed by atoms with Gasteiger partial charge in [-0.05, 0) is 31.5 Å². The average molecular weight is 278 g/mol. The number of hydrogen-bond acceptors (Lipinski definition) is 3. The number of amides is 3. The van der Waals surface area contributed by atoms with Crippen molar-refractivity contribution in [2.75, 3.05) is 18.9 Å². The molecule has 0 atom stereocenters. The molecule has 0 bridgehead atoms. The number of anilines is 1. The zero-order valence-electron chi connectivity index (χ0n) is 12.1. The Bertz CT molecular complexity index is 469. The molecule has 0 radical (unpaired) electrons. The number of hydrogen-bond donors (Lipinski definition) is 4. The zero-order chi connectivity index (χ0) is 15.2. The molecular formula is C14H22N4O2. The lowest BCUT2D eigenvalue weighted by Crippen LogP contribution is -2.44. The topological polar surface area (TPSA) is 96.2 Å². The van der Waals surface area contributed by atoms with Crippen molar-refractivity contribution in [1.29, 1.82) is 0 Å². The number of rotatable bonds is 5. The van der Waals surface area contributed by atoms with Gasteiger partial charge >= 0.3 is 6.03 Å². The highest BCUT2D eigenvalue weighted by atomic mass is 16.2. The van der Waals surface area contributed by atoms with Crippen LogP contribution in [0.2, 0.25) is 0 Å². The summed E-state index contributed by atoms with van der Waals surface area (Å²) in [5, 5.41) is 7.95. The van der Waals surface area contributed by atoms with Gasteiger partial charge in [-0.3, -0.25) is 4.79 Å². The quantitative estimate of drug-likeness (QED) is 0.648. The first-order valence-corrected chi connectivity index (χ1v) is 6.45.